The molecule has 0 heterocycles. The summed E-state index contributed by atoms with van der Waals surface area (Å²) in [6.45, 7) is 10.5. The van der Waals surface area contributed by atoms with Gasteiger partial charge >= 0.3 is 18.9 Å². The Labute approximate surface area is 264 Å². The van der Waals surface area contributed by atoms with Crippen LogP contribution in [0.3, 0.4) is 0 Å². The first kappa shape index (κ1) is 32.6. The summed E-state index contributed by atoms with van der Waals surface area (Å²) in [5, 5.41) is 14.4. The van der Waals surface area contributed by atoms with Crippen LogP contribution in [0.5, 0.6) is 0 Å². The van der Waals surface area contributed by atoms with Crippen molar-refractivity contribution in [2.75, 3.05) is 16.9 Å². The van der Waals surface area contributed by atoms with Crippen molar-refractivity contribution in [3.8, 4) is 11.1 Å². The number of hydrogen-bond acceptors (Lipinski definition) is 5. The molecule has 0 spiro atoms. The van der Waals surface area contributed by atoms with Crippen molar-refractivity contribution < 1.29 is 33.6 Å². The van der Waals surface area contributed by atoms with Crippen LogP contribution in [-0.2, 0) is 17.9 Å². The number of carboxylic acid groups (broad SMARTS) is 1. The predicted octanol–water partition coefficient (Wildman–Crippen LogP) is 3.03. The van der Waals surface area contributed by atoms with Crippen LogP contribution in [0, 0.1) is 13.5 Å². The Morgan fingerprint density at radius 1 is 0.905 bits per heavy atom. The molecule has 0 aliphatic rings. The Morgan fingerprint density at radius 3 is 2.21 bits per heavy atom. The number of nitrogens with one attached hydrogen (secondary N) is 1. The second-order valence-electron chi connectivity index (χ2n) is 9.79. The Bertz CT molecular complexity index is 1540. The van der Waals surface area contributed by atoms with E-state index in [-0.39, 0.29) is 25.3 Å². The molecule has 0 saturated carbocycles. The first-order valence-corrected chi connectivity index (χ1v) is 14.7. The van der Waals surface area contributed by atoms with Crippen LogP contribution in [0.15, 0.2) is 97.1 Å². The SMILES string of the molecule is [C-]#[N+]c1ccc(N(Cc2ccccc2)Cc2ccc(C(=O)NC(CCSC)C(=O)[O-])c(-c3ccccc3C)c2)cc1.[Li+]. The Balaban J connectivity index is 0.00000484. The van der Waals surface area contributed by atoms with Gasteiger partial charge in [-0.1, -0.05) is 72.8 Å². The molecule has 0 fully saturated rings. The molecule has 1 atom stereocenters. The van der Waals surface area contributed by atoms with Crippen LogP contribution >= 0.6 is 11.8 Å². The van der Waals surface area contributed by atoms with Gasteiger partial charge in [-0.15, -0.1) is 0 Å². The maximum Gasteiger partial charge on any atom is 1.00 e. The molecule has 0 aliphatic heterocycles. The van der Waals surface area contributed by atoms with Crippen LogP contribution in [0.25, 0.3) is 16.0 Å². The largest absolute Gasteiger partial charge is 1.00 e. The summed E-state index contributed by atoms with van der Waals surface area (Å²) in [6, 6.07) is 30.2. The third-order valence-corrected chi connectivity index (χ3v) is 7.54. The molecular formula is C34H32LiN3O3S. The molecule has 0 aromatic heterocycles. The van der Waals surface area contributed by atoms with E-state index in [9.17, 15) is 14.7 Å². The van der Waals surface area contributed by atoms with Gasteiger partial charge in [-0.2, -0.15) is 11.8 Å². The topological polar surface area (TPSA) is 76.8 Å². The van der Waals surface area contributed by atoms with Gasteiger partial charge in [0.05, 0.1) is 18.6 Å². The van der Waals surface area contributed by atoms with Gasteiger partial charge in [-0.25, -0.2) is 4.85 Å². The van der Waals surface area contributed by atoms with E-state index in [1.807, 2.05) is 92.0 Å². The quantitative estimate of drug-likeness (QED) is 0.210. The zero-order valence-electron chi connectivity index (χ0n) is 24.2. The molecule has 1 amide bonds. The van der Waals surface area contributed by atoms with Crippen molar-refractivity contribution >= 4 is 35.0 Å². The van der Waals surface area contributed by atoms with Crippen molar-refractivity contribution in [3.05, 3.63) is 131 Å². The van der Waals surface area contributed by atoms with E-state index in [1.54, 1.807) is 6.07 Å². The maximum absolute atomic E-state index is 13.4. The first-order chi connectivity index (χ1) is 19.9. The summed E-state index contributed by atoms with van der Waals surface area (Å²) in [4.78, 5) is 30.9. The molecule has 0 radical (unpaired) electrons. The van der Waals surface area contributed by atoms with E-state index in [1.165, 1.54) is 11.8 Å². The van der Waals surface area contributed by atoms with E-state index in [4.69, 9.17) is 6.57 Å². The van der Waals surface area contributed by atoms with E-state index >= 15 is 0 Å². The van der Waals surface area contributed by atoms with E-state index in [0.717, 1.165) is 33.5 Å². The minimum atomic E-state index is -1.29. The third kappa shape index (κ3) is 8.53. The van der Waals surface area contributed by atoms with Crippen molar-refractivity contribution in [3.63, 3.8) is 0 Å². The molecule has 0 saturated heterocycles. The van der Waals surface area contributed by atoms with Crippen LogP contribution in [0.1, 0.15) is 33.5 Å². The molecule has 1 N–H and O–H groups in total. The minimum absolute atomic E-state index is 0. The molecule has 1 unspecified atom stereocenters. The number of benzene rings is 4. The van der Waals surface area contributed by atoms with Gasteiger partial charge in [0, 0.05) is 24.3 Å². The molecule has 0 bridgehead atoms. The number of aryl methyl sites for hydroxylation is 1. The summed E-state index contributed by atoms with van der Waals surface area (Å²) < 4.78 is 0. The number of aliphatic carboxylic acids is 1. The van der Waals surface area contributed by atoms with Gasteiger partial charge in [0.1, 0.15) is 0 Å². The van der Waals surface area contributed by atoms with Crippen molar-refractivity contribution in [1.29, 1.82) is 0 Å². The molecule has 208 valence electrons. The van der Waals surface area contributed by atoms with Crippen LogP contribution in [0.2, 0.25) is 0 Å². The van der Waals surface area contributed by atoms with Crippen LogP contribution < -0.4 is 34.2 Å². The van der Waals surface area contributed by atoms with Gasteiger partial charge < -0.3 is 20.1 Å². The normalized spacial score (nSPS) is 11.1. The second kappa shape index (κ2) is 15.9. The predicted molar refractivity (Wildman–Crippen MR) is 165 cm³/mol. The standard InChI is InChI=1S/C34H33N3O3S.Li/c1-24-9-7-8-12-29(24)31-21-26(13-18-30(31)33(38)36-32(34(39)40)19-20-41-3)23-37(22-25-10-5-4-6-11-25)28-16-14-27(35-2)15-17-28;/h4-18,21,32H,19-20,22-23H2,1,3H3,(H,36,38)(H,39,40);/q;+1/p-1. The molecule has 4 aromatic rings. The average molecular weight is 570 g/mol. The first-order valence-electron chi connectivity index (χ1n) is 13.4. The molecule has 0 aliphatic carbocycles. The number of rotatable bonds is 12. The fourth-order valence-corrected chi connectivity index (χ4v) is 5.18. The fourth-order valence-electron chi connectivity index (χ4n) is 4.71. The number of thioether (sulfide) groups is 1. The third-order valence-electron chi connectivity index (χ3n) is 6.90. The van der Waals surface area contributed by atoms with Crippen molar-refractivity contribution in [2.24, 2.45) is 0 Å². The summed E-state index contributed by atoms with van der Waals surface area (Å²) in [5.41, 5.74) is 6.76. The summed E-state index contributed by atoms with van der Waals surface area (Å²) in [5.74, 6) is -1.14. The number of carbonyl (C=O) groups excluding carboxylic acids is 2. The van der Waals surface area contributed by atoms with Crippen LogP contribution in [0.4, 0.5) is 11.4 Å². The fraction of sp³-hybridized carbons (Fsp3) is 0.206. The Morgan fingerprint density at radius 2 is 1.57 bits per heavy atom. The zero-order chi connectivity index (χ0) is 29.2. The number of carboxylic acids is 1. The van der Waals surface area contributed by atoms with Crippen molar-refractivity contribution in [1.82, 2.24) is 5.32 Å². The van der Waals surface area contributed by atoms with Gasteiger partial charge in [-0.05, 0) is 77.4 Å². The maximum atomic E-state index is 13.4. The van der Waals surface area contributed by atoms with E-state index < -0.39 is 17.9 Å². The minimum Gasteiger partial charge on any atom is -0.548 e. The van der Waals surface area contributed by atoms with Crippen molar-refractivity contribution in [2.45, 2.75) is 32.5 Å². The van der Waals surface area contributed by atoms with Gasteiger partial charge in [0.25, 0.3) is 5.91 Å². The molecule has 4 rings (SSSR count). The molecule has 6 nitrogen and oxygen atoms in total. The Hall–Kier alpha value is -3.94. The zero-order valence-corrected chi connectivity index (χ0v) is 25.0. The summed E-state index contributed by atoms with van der Waals surface area (Å²) in [6.07, 6.45) is 2.18. The smallest absolute Gasteiger partial charge is 0.548 e. The molecule has 42 heavy (non-hydrogen) atoms. The van der Waals surface area contributed by atoms with Gasteiger partial charge in [0.15, 0.2) is 5.69 Å². The molecule has 8 heteroatoms. The second-order valence-corrected chi connectivity index (χ2v) is 10.8. The van der Waals surface area contributed by atoms with Crippen LogP contribution in [-0.4, -0.2) is 29.9 Å². The number of anilines is 1. The molecule has 4 aromatic carbocycles. The monoisotopic (exact) mass is 569 g/mol. The number of hydrogen-bond donors (Lipinski definition) is 1. The number of nitrogens with zero attached hydrogens (tertiary/aromatic N) is 2. The summed E-state index contributed by atoms with van der Waals surface area (Å²) in [7, 11) is 0. The summed E-state index contributed by atoms with van der Waals surface area (Å²) >= 11 is 1.52. The Kier molecular flexibility index (Phi) is 12.3. The van der Waals surface area contributed by atoms with Gasteiger partial charge in [0.2, 0.25) is 0 Å². The van der Waals surface area contributed by atoms with Gasteiger partial charge in [-0.3, -0.25) is 4.79 Å². The molecular weight excluding hydrogens is 537 g/mol. The number of carbonyl (C=O) groups is 2. The van der Waals surface area contributed by atoms with E-state index in [2.05, 4.69) is 27.2 Å². The number of amides is 1. The van der Waals surface area contributed by atoms with E-state index in [0.29, 0.717) is 30.1 Å². The average Bonchev–Trinajstić information content (AvgIpc) is 2.99.